The quantitative estimate of drug-likeness (QED) is 0.531. The van der Waals surface area contributed by atoms with Crippen molar-refractivity contribution in [3.8, 4) is 5.75 Å². The standard InChI is InChI=1S/C18H23IO/c1-3-5-7-14(4-2)13-20-16-10-11-17-15(12-16)8-6-9-18(17)19/h6,8-12,14H,3-5,7,13H2,1-2H3. The molecule has 0 aliphatic heterocycles. The van der Waals surface area contributed by atoms with Crippen LogP contribution >= 0.6 is 22.6 Å². The Morgan fingerprint density at radius 1 is 1.15 bits per heavy atom. The minimum absolute atomic E-state index is 0.682. The van der Waals surface area contributed by atoms with E-state index in [4.69, 9.17) is 4.74 Å². The molecule has 0 aliphatic rings. The van der Waals surface area contributed by atoms with Gasteiger partial charge in [0.25, 0.3) is 0 Å². The summed E-state index contributed by atoms with van der Waals surface area (Å²) in [6, 6.07) is 12.8. The van der Waals surface area contributed by atoms with Crippen LogP contribution in [0.5, 0.6) is 5.75 Å². The van der Waals surface area contributed by atoms with Crippen molar-refractivity contribution in [2.24, 2.45) is 5.92 Å². The van der Waals surface area contributed by atoms with E-state index in [0.29, 0.717) is 5.92 Å². The summed E-state index contributed by atoms with van der Waals surface area (Å²) in [6.45, 7) is 5.34. The van der Waals surface area contributed by atoms with Gasteiger partial charge in [-0.25, -0.2) is 0 Å². The highest BCUT2D eigenvalue weighted by atomic mass is 127. The second kappa shape index (κ2) is 7.87. The zero-order chi connectivity index (χ0) is 14.4. The van der Waals surface area contributed by atoms with Crippen LogP contribution in [0.2, 0.25) is 0 Å². The Bertz CT molecular complexity index is 550. The van der Waals surface area contributed by atoms with E-state index >= 15 is 0 Å². The third-order valence-electron chi connectivity index (χ3n) is 3.83. The summed E-state index contributed by atoms with van der Waals surface area (Å²) >= 11 is 2.38. The molecule has 0 saturated heterocycles. The van der Waals surface area contributed by atoms with Gasteiger partial charge in [-0.15, -0.1) is 0 Å². The molecule has 0 amide bonds. The summed E-state index contributed by atoms with van der Waals surface area (Å²) in [7, 11) is 0. The van der Waals surface area contributed by atoms with Gasteiger partial charge in [-0.3, -0.25) is 0 Å². The summed E-state index contributed by atoms with van der Waals surface area (Å²) in [5.74, 6) is 1.68. The fourth-order valence-electron chi connectivity index (χ4n) is 2.42. The van der Waals surface area contributed by atoms with Gasteiger partial charge in [0, 0.05) is 3.57 Å². The predicted molar refractivity (Wildman–Crippen MR) is 95.5 cm³/mol. The molecule has 1 unspecified atom stereocenters. The van der Waals surface area contributed by atoms with Crippen LogP contribution in [-0.2, 0) is 0 Å². The van der Waals surface area contributed by atoms with Crippen LogP contribution < -0.4 is 4.74 Å². The molecule has 0 aliphatic carbocycles. The van der Waals surface area contributed by atoms with Crippen molar-refractivity contribution in [1.82, 2.24) is 0 Å². The Hall–Kier alpha value is -0.770. The van der Waals surface area contributed by atoms with Crippen LogP contribution in [0.25, 0.3) is 10.8 Å². The van der Waals surface area contributed by atoms with Crippen LogP contribution in [0.1, 0.15) is 39.5 Å². The van der Waals surface area contributed by atoms with Gasteiger partial charge in [-0.2, -0.15) is 0 Å². The van der Waals surface area contributed by atoms with E-state index in [1.165, 1.54) is 40.0 Å². The highest BCUT2D eigenvalue weighted by molar-refractivity contribution is 14.1. The molecule has 1 nitrogen and oxygen atoms in total. The van der Waals surface area contributed by atoms with Gasteiger partial charge < -0.3 is 4.74 Å². The number of ether oxygens (including phenoxy) is 1. The average Bonchev–Trinajstić information content (AvgIpc) is 2.47. The zero-order valence-corrected chi connectivity index (χ0v) is 14.5. The summed E-state index contributed by atoms with van der Waals surface area (Å²) in [6.07, 6.45) is 5.05. The van der Waals surface area contributed by atoms with E-state index in [2.05, 4.69) is 72.8 Å². The van der Waals surface area contributed by atoms with Gasteiger partial charge in [0.05, 0.1) is 6.61 Å². The van der Waals surface area contributed by atoms with Crippen molar-refractivity contribution >= 4 is 33.4 Å². The lowest BCUT2D eigenvalue weighted by Crippen LogP contribution is -2.11. The van der Waals surface area contributed by atoms with E-state index in [1.807, 2.05) is 0 Å². The first kappa shape index (κ1) is 15.6. The average molecular weight is 382 g/mol. The van der Waals surface area contributed by atoms with Gasteiger partial charge in [0.2, 0.25) is 0 Å². The van der Waals surface area contributed by atoms with Crippen LogP contribution in [0.15, 0.2) is 36.4 Å². The first-order chi connectivity index (χ1) is 9.74. The molecular weight excluding hydrogens is 359 g/mol. The number of benzene rings is 2. The Morgan fingerprint density at radius 3 is 2.75 bits per heavy atom. The molecule has 2 aromatic rings. The minimum atomic E-state index is 0.682. The Labute approximate surface area is 135 Å². The normalized spacial score (nSPS) is 12.6. The third-order valence-corrected chi connectivity index (χ3v) is 4.77. The lowest BCUT2D eigenvalue weighted by molar-refractivity contribution is 0.233. The number of unbranched alkanes of at least 4 members (excludes halogenated alkanes) is 1. The maximum Gasteiger partial charge on any atom is 0.119 e. The van der Waals surface area contributed by atoms with Gasteiger partial charge in [0.1, 0.15) is 5.75 Å². The van der Waals surface area contributed by atoms with Crippen molar-refractivity contribution in [2.75, 3.05) is 6.61 Å². The lowest BCUT2D eigenvalue weighted by atomic mass is 10.0. The SMILES string of the molecule is CCCCC(CC)COc1ccc2c(I)cccc2c1. The van der Waals surface area contributed by atoms with E-state index < -0.39 is 0 Å². The molecule has 0 heterocycles. The molecule has 2 aromatic carbocycles. The van der Waals surface area contributed by atoms with Gasteiger partial charge >= 0.3 is 0 Å². The Balaban J connectivity index is 2.02. The predicted octanol–water partition coefficient (Wildman–Crippen LogP) is 6.04. The van der Waals surface area contributed by atoms with Crippen LogP contribution in [-0.4, -0.2) is 6.61 Å². The minimum Gasteiger partial charge on any atom is -0.493 e. The Morgan fingerprint density at radius 2 is 2.00 bits per heavy atom. The maximum atomic E-state index is 6.00. The number of halogens is 1. The van der Waals surface area contributed by atoms with E-state index in [-0.39, 0.29) is 0 Å². The second-order valence-electron chi connectivity index (χ2n) is 5.35. The third kappa shape index (κ3) is 4.11. The number of rotatable bonds is 7. The molecule has 2 rings (SSSR count). The molecule has 20 heavy (non-hydrogen) atoms. The van der Waals surface area contributed by atoms with Crippen molar-refractivity contribution in [1.29, 1.82) is 0 Å². The Kier molecular flexibility index (Phi) is 6.14. The molecule has 0 bridgehead atoms. The first-order valence-corrected chi connectivity index (χ1v) is 8.63. The molecular formula is C18H23IO. The largest absolute Gasteiger partial charge is 0.493 e. The van der Waals surface area contributed by atoms with Crippen LogP contribution in [0, 0.1) is 9.49 Å². The van der Waals surface area contributed by atoms with E-state index in [0.717, 1.165) is 12.4 Å². The molecule has 0 aromatic heterocycles. The fraction of sp³-hybridized carbons (Fsp3) is 0.444. The number of hydrogen-bond acceptors (Lipinski definition) is 1. The van der Waals surface area contributed by atoms with Crippen molar-refractivity contribution in [3.05, 3.63) is 40.0 Å². The van der Waals surface area contributed by atoms with Gasteiger partial charge in [-0.1, -0.05) is 45.2 Å². The van der Waals surface area contributed by atoms with E-state index in [1.54, 1.807) is 0 Å². The molecule has 0 radical (unpaired) electrons. The monoisotopic (exact) mass is 382 g/mol. The smallest absolute Gasteiger partial charge is 0.119 e. The highest BCUT2D eigenvalue weighted by Gasteiger charge is 2.07. The molecule has 1 atom stereocenters. The number of fused-ring (bicyclic) bond motifs is 1. The van der Waals surface area contributed by atoms with Gasteiger partial charge in [-0.05, 0) is 70.0 Å². The summed E-state index contributed by atoms with van der Waals surface area (Å²) in [5.41, 5.74) is 0. The zero-order valence-electron chi connectivity index (χ0n) is 12.4. The molecule has 0 N–H and O–H groups in total. The molecule has 2 heteroatoms. The van der Waals surface area contributed by atoms with Crippen LogP contribution in [0.3, 0.4) is 0 Å². The second-order valence-corrected chi connectivity index (χ2v) is 6.51. The van der Waals surface area contributed by atoms with E-state index in [9.17, 15) is 0 Å². The highest BCUT2D eigenvalue weighted by Crippen LogP contribution is 2.25. The summed E-state index contributed by atoms with van der Waals surface area (Å²) in [4.78, 5) is 0. The molecule has 0 fully saturated rings. The maximum absolute atomic E-state index is 6.00. The molecule has 108 valence electrons. The van der Waals surface area contributed by atoms with Crippen molar-refractivity contribution < 1.29 is 4.74 Å². The fourth-order valence-corrected chi connectivity index (χ4v) is 3.12. The topological polar surface area (TPSA) is 9.23 Å². The first-order valence-electron chi connectivity index (χ1n) is 7.55. The summed E-state index contributed by atoms with van der Waals surface area (Å²) in [5, 5.41) is 2.56. The van der Waals surface area contributed by atoms with Crippen molar-refractivity contribution in [3.63, 3.8) is 0 Å². The lowest BCUT2D eigenvalue weighted by Gasteiger charge is -2.16. The summed E-state index contributed by atoms with van der Waals surface area (Å²) < 4.78 is 7.29. The molecule has 0 spiro atoms. The van der Waals surface area contributed by atoms with Gasteiger partial charge in [0.15, 0.2) is 0 Å². The van der Waals surface area contributed by atoms with Crippen molar-refractivity contribution in [2.45, 2.75) is 39.5 Å². The van der Waals surface area contributed by atoms with Crippen LogP contribution in [0.4, 0.5) is 0 Å². The molecule has 0 saturated carbocycles. The number of hydrogen-bond donors (Lipinski definition) is 0.